The summed E-state index contributed by atoms with van der Waals surface area (Å²) in [6.07, 6.45) is 3.47. The number of aryl methyl sites for hydroxylation is 1. The summed E-state index contributed by atoms with van der Waals surface area (Å²) < 4.78 is 10.4. The zero-order chi connectivity index (χ0) is 18.7. The van der Waals surface area contributed by atoms with Crippen LogP contribution in [0.25, 0.3) is 11.1 Å². The van der Waals surface area contributed by atoms with E-state index in [9.17, 15) is 9.59 Å². The number of fused-ring (bicyclic) bond motifs is 5. The van der Waals surface area contributed by atoms with Gasteiger partial charge in [0.2, 0.25) is 0 Å². The van der Waals surface area contributed by atoms with E-state index >= 15 is 0 Å². The maximum absolute atomic E-state index is 13.5. The molecule has 3 aliphatic carbocycles. The van der Waals surface area contributed by atoms with Crippen molar-refractivity contribution in [1.82, 2.24) is 0 Å². The molecule has 0 spiro atoms. The average Bonchev–Trinajstić information content (AvgIpc) is 3.33. The van der Waals surface area contributed by atoms with E-state index in [1.807, 2.05) is 30.3 Å². The molecule has 0 aliphatic heterocycles. The monoisotopic (exact) mass is 362 g/mol. The van der Waals surface area contributed by atoms with Crippen molar-refractivity contribution in [3.05, 3.63) is 63.7 Å². The summed E-state index contributed by atoms with van der Waals surface area (Å²) in [6, 6.07) is 11.1. The van der Waals surface area contributed by atoms with Gasteiger partial charge in [-0.15, -0.1) is 0 Å². The van der Waals surface area contributed by atoms with Gasteiger partial charge in [0.25, 0.3) is 0 Å². The first kappa shape index (κ1) is 16.5. The minimum atomic E-state index is -0.356. The lowest BCUT2D eigenvalue weighted by molar-refractivity contribution is -0.118. The molecular formula is C23H22O4. The van der Waals surface area contributed by atoms with Gasteiger partial charge >= 0.3 is 5.63 Å². The molecule has 2 bridgehead atoms. The fourth-order valence-corrected chi connectivity index (χ4v) is 5.70. The normalized spacial score (nSPS) is 28.7. The number of carbonyl (C=O) groups excluding carboxylic acids is 1. The molecule has 2 aromatic rings. The van der Waals surface area contributed by atoms with Gasteiger partial charge in [0.1, 0.15) is 11.5 Å². The molecule has 1 aromatic heterocycles. The molecule has 27 heavy (non-hydrogen) atoms. The molecule has 0 amide bonds. The highest BCUT2D eigenvalue weighted by Gasteiger charge is 2.57. The molecule has 4 nitrogen and oxygen atoms in total. The molecule has 138 valence electrons. The van der Waals surface area contributed by atoms with E-state index in [1.165, 1.54) is 6.42 Å². The predicted molar refractivity (Wildman–Crippen MR) is 102 cm³/mol. The molecule has 1 aromatic carbocycles. The predicted octanol–water partition coefficient (Wildman–Crippen LogP) is 4.11. The van der Waals surface area contributed by atoms with Crippen molar-refractivity contribution in [2.24, 2.45) is 23.7 Å². The zero-order valence-electron chi connectivity index (χ0n) is 15.5. The van der Waals surface area contributed by atoms with E-state index in [0.29, 0.717) is 17.6 Å². The largest absolute Gasteiger partial charge is 0.497 e. The highest BCUT2D eigenvalue weighted by atomic mass is 16.5. The molecule has 0 unspecified atom stereocenters. The third kappa shape index (κ3) is 2.43. The van der Waals surface area contributed by atoms with Gasteiger partial charge < -0.3 is 9.15 Å². The van der Waals surface area contributed by atoms with Gasteiger partial charge in [-0.25, -0.2) is 4.79 Å². The van der Waals surface area contributed by atoms with E-state index in [4.69, 9.17) is 9.15 Å². The van der Waals surface area contributed by atoms with Gasteiger partial charge in [0, 0.05) is 17.6 Å². The van der Waals surface area contributed by atoms with Crippen molar-refractivity contribution in [3.8, 4) is 5.75 Å². The van der Waals surface area contributed by atoms with Crippen LogP contribution in [0, 0.1) is 30.6 Å². The number of benzene rings is 1. The summed E-state index contributed by atoms with van der Waals surface area (Å²) in [6.45, 7) is 1.79. The fraction of sp³-hybridized carbons (Fsp3) is 0.391. The smallest absolute Gasteiger partial charge is 0.336 e. The van der Waals surface area contributed by atoms with Crippen LogP contribution in [0.5, 0.6) is 5.75 Å². The maximum atomic E-state index is 13.5. The van der Waals surface area contributed by atoms with Crippen LogP contribution in [-0.4, -0.2) is 12.9 Å². The van der Waals surface area contributed by atoms with Crippen LogP contribution in [0.1, 0.15) is 36.1 Å². The Morgan fingerprint density at radius 1 is 0.963 bits per heavy atom. The lowest BCUT2D eigenvalue weighted by Gasteiger charge is -2.26. The number of Topliss-reactive ketones (excluding diaryl/α,β-unsaturated/α-hetero) is 1. The Morgan fingerprint density at radius 3 is 2.33 bits per heavy atom. The van der Waals surface area contributed by atoms with E-state index < -0.39 is 0 Å². The van der Waals surface area contributed by atoms with Crippen LogP contribution >= 0.6 is 0 Å². The fourth-order valence-electron chi connectivity index (χ4n) is 5.70. The highest BCUT2D eigenvalue weighted by Crippen LogP contribution is 2.62. The number of ketones is 1. The second-order valence-corrected chi connectivity index (χ2v) is 8.04. The molecule has 0 radical (unpaired) electrons. The van der Waals surface area contributed by atoms with E-state index in [1.54, 1.807) is 20.1 Å². The Balaban J connectivity index is 1.73. The quantitative estimate of drug-likeness (QED) is 0.824. The van der Waals surface area contributed by atoms with Gasteiger partial charge in [-0.1, -0.05) is 12.1 Å². The third-order valence-corrected chi connectivity index (χ3v) is 6.65. The average molecular weight is 362 g/mol. The lowest BCUT2D eigenvalue weighted by atomic mass is 9.77. The number of methoxy groups -OCH3 is 1. The molecule has 0 saturated heterocycles. The van der Waals surface area contributed by atoms with Crippen LogP contribution in [0.2, 0.25) is 0 Å². The summed E-state index contributed by atoms with van der Waals surface area (Å²) in [5.74, 6) is 2.93. The van der Waals surface area contributed by atoms with Crippen molar-refractivity contribution < 1.29 is 13.9 Å². The molecule has 3 aliphatic rings. The summed E-state index contributed by atoms with van der Waals surface area (Å²) >= 11 is 0. The molecule has 2 fully saturated rings. The molecule has 4 heteroatoms. The van der Waals surface area contributed by atoms with Crippen LogP contribution in [0.3, 0.4) is 0 Å². The van der Waals surface area contributed by atoms with Gasteiger partial charge in [0.15, 0.2) is 5.78 Å². The number of ether oxygens (including phenoxy) is 1. The molecule has 4 atom stereocenters. The van der Waals surface area contributed by atoms with Gasteiger partial charge in [-0.05, 0) is 78.8 Å². The Hall–Kier alpha value is -2.62. The number of rotatable bonds is 3. The Labute approximate surface area is 157 Å². The molecule has 5 rings (SSSR count). The van der Waals surface area contributed by atoms with Crippen LogP contribution in [0.15, 0.2) is 45.6 Å². The maximum Gasteiger partial charge on any atom is 0.336 e. The minimum absolute atomic E-state index is 0.0726. The molecule has 1 heterocycles. The minimum Gasteiger partial charge on any atom is -0.497 e. The first-order valence-corrected chi connectivity index (χ1v) is 9.62. The van der Waals surface area contributed by atoms with Crippen molar-refractivity contribution in [2.75, 3.05) is 7.11 Å². The van der Waals surface area contributed by atoms with Gasteiger partial charge in [0.05, 0.1) is 7.11 Å². The van der Waals surface area contributed by atoms with E-state index in [0.717, 1.165) is 40.9 Å². The molecule has 2 saturated carbocycles. The Morgan fingerprint density at radius 2 is 1.67 bits per heavy atom. The van der Waals surface area contributed by atoms with Crippen LogP contribution in [-0.2, 0) is 4.79 Å². The summed E-state index contributed by atoms with van der Waals surface area (Å²) in [4.78, 5) is 25.5. The topological polar surface area (TPSA) is 56.5 Å². The number of allylic oxidation sites excluding steroid dienone is 2. The molecule has 0 N–H and O–H groups in total. The van der Waals surface area contributed by atoms with Crippen molar-refractivity contribution in [1.29, 1.82) is 0 Å². The summed E-state index contributed by atoms with van der Waals surface area (Å²) in [5, 5.41) is 0. The second-order valence-electron chi connectivity index (χ2n) is 8.04. The zero-order valence-corrected chi connectivity index (χ0v) is 15.5. The van der Waals surface area contributed by atoms with E-state index in [-0.39, 0.29) is 23.2 Å². The molecular weight excluding hydrogens is 340 g/mol. The standard InChI is InChI=1S/C23H22O4/c1-12-9-16(11-18(24)27-12)20-19-14-3-4-15(10-14)22(19)23(25)21(20)13-5-7-17(26-2)8-6-13/h5-9,11,14-15,19,22H,3-4,10H2,1-2H3/t14-,15+,19-,22-/m1/s1. The third-order valence-electron chi connectivity index (χ3n) is 6.65. The second kappa shape index (κ2) is 5.95. The lowest BCUT2D eigenvalue weighted by Crippen LogP contribution is -2.24. The summed E-state index contributed by atoms with van der Waals surface area (Å²) in [7, 11) is 1.63. The van der Waals surface area contributed by atoms with Gasteiger partial charge in [-0.3, -0.25) is 4.79 Å². The van der Waals surface area contributed by atoms with Crippen LogP contribution in [0.4, 0.5) is 0 Å². The van der Waals surface area contributed by atoms with Crippen molar-refractivity contribution in [2.45, 2.75) is 26.2 Å². The number of carbonyl (C=O) groups is 1. The Bertz CT molecular complexity index is 1010. The first-order chi connectivity index (χ1) is 13.1. The van der Waals surface area contributed by atoms with E-state index in [2.05, 4.69) is 0 Å². The van der Waals surface area contributed by atoms with Gasteiger partial charge in [-0.2, -0.15) is 0 Å². The van der Waals surface area contributed by atoms with Crippen molar-refractivity contribution >= 4 is 16.9 Å². The van der Waals surface area contributed by atoms with Crippen LogP contribution < -0.4 is 10.4 Å². The SMILES string of the molecule is COc1ccc(C2=C(c3cc(C)oc(=O)c3)[C@H]3[C@@H]4CC[C@@H](C4)[C@H]3C2=O)cc1. The Kier molecular flexibility index (Phi) is 3.64. The highest BCUT2D eigenvalue weighted by molar-refractivity contribution is 6.32. The summed E-state index contributed by atoms with van der Waals surface area (Å²) in [5.41, 5.74) is 3.25. The number of hydrogen-bond donors (Lipinski definition) is 0. The first-order valence-electron chi connectivity index (χ1n) is 9.62. The number of hydrogen-bond acceptors (Lipinski definition) is 4. The van der Waals surface area contributed by atoms with Crippen molar-refractivity contribution in [3.63, 3.8) is 0 Å².